The molecule has 0 radical (unpaired) electrons. The molecule has 90 valence electrons. The summed E-state index contributed by atoms with van der Waals surface area (Å²) in [4.78, 5) is 2.61. The topological polar surface area (TPSA) is 29.3 Å². The molecule has 1 aliphatic heterocycles. The Hall–Kier alpha value is -0.0800. The zero-order valence-corrected chi connectivity index (χ0v) is 10.8. The van der Waals surface area contributed by atoms with Crippen LogP contribution in [0.2, 0.25) is 0 Å². The zero-order chi connectivity index (χ0) is 11.3. The van der Waals surface area contributed by atoms with E-state index in [1.54, 1.807) is 0 Å². The van der Waals surface area contributed by atoms with Crippen LogP contribution in [0.15, 0.2) is 0 Å². The Morgan fingerprint density at radius 2 is 2.07 bits per heavy atom. The molecule has 0 amide bonds. The van der Waals surface area contributed by atoms with Crippen molar-refractivity contribution in [3.05, 3.63) is 0 Å². The standard InChI is InChI=1S/C13H28N2/c1-12-6-9-15(10-12)8-5-4-7-13(2,3)11-14/h12H,4-11,14H2,1-3H3. The maximum atomic E-state index is 5.72. The third kappa shape index (κ3) is 4.98. The van der Waals surface area contributed by atoms with Gasteiger partial charge in [-0.3, -0.25) is 0 Å². The summed E-state index contributed by atoms with van der Waals surface area (Å²) < 4.78 is 0. The smallest absolute Gasteiger partial charge is 0.000750 e. The van der Waals surface area contributed by atoms with E-state index in [1.165, 1.54) is 45.3 Å². The van der Waals surface area contributed by atoms with Crippen molar-refractivity contribution >= 4 is 0 Å². The molecule has 2 nitrogen and oxygen atoms in total. The second kappa shape index (κ2) is 5.86. The van der Waals surface area contributed by atoms with Gasteiger partial charge in [-0.1, -0.05) is 27.2 Å². The summed E-state index contributed by atoms with van der Waals surface area (Å²) in [6, 6.07) is 0. The van der Waals surface area contributed by atoms with Crippen LogP contribution in [0.3, 0.4) is 0 Å². The molecule has 2 heteroatoms. The van der Waals surface area contributed by atoms with E-state index in [-0.39, 0.29) is 0 Å². The lowest BCUT2D eigenvalue weighted by atomic mass is 9.87. The van der Waals surface area contributed by atoms with Crippen molar-refractivity contribution in [3.63, 3.8) is 0 Å². The lowest BCUT2D eigenvalue weighted by molar-refractivity contribution is 0.290. The van der Waals surface area contributed by atoms with Crippen molar-refractivity contribution < 1.29 is 0 Å². The third-order valence-corrected chi connectivity index (χ3v) is 3.64. The van der Waals surface area contributed by atoms with E-state index >= 15 is 0 Å². The third-order valence-electron chi connectivity index (χ3n) is 3.64. The van der Waals surface area contributed by atoms with Gasteiger partial charge >= 0.3 is 0 Å². The Kier molecular flexibility index (Phi) is 5.07. The van der Waals surface area contributed by atoms with Crippen molar-refractivity contribution in [3.8, 4) is 0 Å². The molecular formula is C13H28N2. The van der Waals surface area contributed by atoms with Crippen LogP contribution in [-0.2, 0) is 0 Å². The Labute approximate surface area is 95.2 Å². The molecule has 1 heterocycles. The quantitative estimate of drug-likeness (QED) is 0.685. The number of nitrogens with zero attached hydrogens (tertiary/aromatic N) is 1. The van der Waals surface area contributed by atoms with Gasteiger partial charge in [0.15, 0.2) is 0 Å². The first kappa shape index (κ1) is 13.0. The van der Waals surface area contributed by atoms with Gasteiger partial charge in [-0.15, -0.1) is 0 Å². The number of rotatable bonds is 6. The molecular weight excluding hydrogens is 184 g/mol. The van der Waals surface area contributed by atoms with Crippen LogP contribution in [0, 0.1) is 11.3 Å². The molecule has 0 aromatic heterocycles. The van der Waals surface area contributed by atoms with E-state index in [0.29, 0.717) is 5.41 Å². The SMILES string of the molecule is CC1CCN(CCCCC(C)(C)CN)C1. The predicted molar refractivity (Wildman–Crippen MR) is 66.9 cm³/mol. The normalized spacial score (nSPS) is 23.6. The molecule has 1 aliphatic rings. The molecule has 0 saturated carbocycles. The largest absolute Gasteiger partial charge is 0.330 e. The van der Waals surface area contributed by atoms with Crippen LogP contribution in [0.25, 0.3) is 0 Å². The monoisotopic (exact) mass is 212 g/mol. The van der Waals surface area contributed by atoms with Crippen molar-refractivity contribution in [1.29, 1.82) is 0 Å². The summed E-state index contributed by atoms with van der Waals surface area (Å²) >= 11 is 0. The van der Waals surface area contributed by atoms with Gasteiger partial charge in [0.2, 0.25) is 0 Å². The van der Waals surface area contributed by atoms with E-state index < -0.39 is 0 Å². The molecule has 0 aromatic carbocycles. The lowest BCUT2D eigenvalue weighted by Gasteiger charge is -2.22. The van der Waals surface area contributed by atoms with Gasteiger partial charge < -0.3 is 10.6 Å². The fourth-order valence-electron chi connectivity index (χ4n) is 2.27. The second-order valence-electron chi connectivity index (χ2n) is 6.02. The van der Waals surface area contributed by atoms with Gasteiger partial charge in [0, 0.05) is 6.54 Å². The number of hydrogen-bond acceptors (Lipinski definition) is 2. The first-order chi connectivity index (χ1) is 7.03. The van der Waals surface area contributed by atoms with Crippen LogP contribution in [0.5, 0.6) is 0 Å². The van der Waals surface area contributed by atoms with Gasteiger partial charge in [0.25, 0.3) is 0 Å². The average molecular weight is 212 g/mol. The highest BCUT2D eigenvalue weighted by molar-refractivity contribution is 4.73. The highest BCUT2D eigenvalue weighted by Gasteiger charge is 2.18. The molecule has 0 aromatic rings. The lowest BCUT2D eigenvalue weighted by Crippen LogP contribution is -2.25. The minimum absolute atomic E-state index is 0.346. The first-order valence-electron chi connectivity index (χ1n) is 6.46. The molecule has 1 rings (SSSR count). The summed E-state index contributed by atoms with van der Waals surface area (Å²) in [5.41, 5.74) is 6.06. The van der Waals surface area contributed by atoms with Crippen LogP contribution in [-0.4, -0.2) is 31.1 Å². The van der Waals surface area contributed by atoms with Crippen LogP contribution in [0.4, 0.5) is 0 Å². The summed E-state index contributed by atoms with van der Waals surface area (Å²) in [7, 11) is 0. The Morgan fingerprint density at radius 3 is 2.60 bits per heavy atom. The highest BCUT2D eigenvalue weighted by atomic mass is 15.1. The fraction of sp³-hybridized carbons (Fsp3) is 1.00. The van der Waals surface area contributed by atoms with Gasteiger partial charge in [-0.05, 0) is 50.2 Å². The molecule has 1 fully saturated rings. The number of likely N-dealkylation sites (tertiary alicyclic amines) is 1. The average Bonchev–Trinajstić information content (AvgIpc) is 2.59. The summed E-state index contributed by atoms with van der Waals surface area (Å²) in [5.74, 6) is 0.922. The van der Waals surface area contributed by atoms with Gasteiger partial charge in [-0.25, -0.2) is 0 Å². The Balaban J connectivity index is 2.02. The van der Waals surface area contributed by atoms with E-state index in [0.717, 1.165) is 12.5 Å². The Morgan fingerprint density at radius 1 is 1.33 bits per heavy atom. The maximum Gasteiger partial charge on any atom is 0.000750 e. The Bertz CT molecular complexity index is 177. The summed E-state index contributed by atoms with van der Waals surface area (Å²) in [6.07, 6.45) is 5.34. The molecule has 0 bridgehead atoms. The van der Waals surface area contributed by atoms with E-state index in [1.807, 2.05) is 0 Å². The molecule has 2 N–H and O–H groups in total. The highest BCUT2D eigenvalue weighted by Crippen LogP contribution is 2.22. The van der Waals surface area contributed by atoms with Crippen LogP contribution < -0.4 is 5.73 Å². The molecule has 0 aliphatic carbocycles. The van der Waals surface area contributed by atoms with Gasteiger partial charge in [0.1, 0.15) is 0 Å². The molecule has 1 saturated heterocycles. The van der Waals surface area contributed by atoms with Crippen molar-refractivity contribution in [1.82, 2.24) is 4.90 Å². The van der Waals surface area contributed by atoms with Crippen LogP contribution >= 0.6 is 0 Å². The van der Waals surface area contributed by atoms with Gasteiger partial charge in [-0.2, -0.15) is 0 Å². The maximum absolute atomic E-state index is 5.72. The van der Waals surface area contributed by atoms with E-state index in [4.69, 9.17) is 5.73 Å². The molecule has 1 unspecified atom stereocenters. The number of hydrogen-bond donors (Lipinski definition) is 1. The predicted octanol–water partition coefficient (Wildman–Crippen LogP) is 2.48. The van der Waals surface area contributed by atoms with Crippen molar-refractivity contribution in [2.75, 3.05) is 26.2 Å². The summed E-state index contributed by atoms with van der Waals surface area (Å²) in [5, 5.41) is 0. The second-order valence-corrected chi connectivity index (χ2v) is 6.02. The molecule has 1 atom stereocenters. The molecule has 15 heavy (non-hydrogen) atoms. The van der Waals surface area contributed by atoms with Crippen LogP contribution in [0.1, 0.15) is 46.5 Å². The molecule has 0 spiro atoms. The van der Waals surface area contributed by atoms with Gasteiger partial charge in [0.05, 0.1) is 0 Å². The first-order valence-corrected chi connectivity index (χ1v) is 6.46. The minimum Gasteiger partial charge on any atom is -0.330 e. The van der Waals surface area contributed by atoms with E-state index in [2.05, 4.69) is 25.7 Å². The fourth-order valence-corrected chi connectivity index (χ4v) is 2.27. The van der Waals surface area contributed by atoms with E-state index in [9.17, 15) is 0 Å². The number of nitrogens with two attached hydrogens (primary N) is 1. The zero-order valence-electron chi connectivity index (χ0n) is 10.8. The summed E-state index contributed by atoms with van der Waals surface area (Å²) in [6.45, 7) is 11.6. The number of unbranched alkanes of at least 4 members (excludes halogenated alkanes) is 1. The minimum atomic E-state index is 0.346. The van der Waals surface area contributed by atoms with Crippen molar-refractivity contribution in [2.24, 2.45) is 17.1 Å². The van der Waals surface area contributed by atoms with Crippen molar-refractivity contribution in [2.45, 2.75) is 46.5 Å².